The zero-order valence-electron chi connectivity index (χ0n) is 11.9. The number of halogens is 1. The summed E-state index contributed by atoms with van der Waals surface area (Å²) in [4.78, 5) is 2.40. The van der Waals surface area contributed by atoms with Gasteiger partial charge in [-0.25, -0.2) is 0 Å². The van der Waals surface area contributed by atoms with Crippen molar-refractivity contribution in [3.63, 3.8) is 0 Å². The van der Waals surface area contributed by atoms with Gasteiger partial charge in [0.05, 0.1) is 18.9 Å². The summed E-state index contributed by atoms with van der Waals surface area (Å²) >= 11 is 3.75. The van der Waals surface area contributed by atoms with E-state index >= 15 is 0 Å². The van der Waals surface area contributed by atoms with Crippen LogP contribution in [-0.4, -0.2) is 39.4 Å². The number of hydrogen-bond donors (Lipinski definition) is 1. The summed E-state index contributed by atoms with van der Waals surface area (Å²) in [6, 6.07) is 6.87. The molecule has 0 radical (unpaired) electrons. The van der Waals surface area contributed by atoms with E-state index in [2.05, 4.69) is 44.3 Å². The minimum atomic E-state index is 0.796. The van der Waals surface area contributed by atoms with Gasteiger partial charge in [0.1, 0.15) is 0 Å². The van der Waals surface area contributed by atoms with Crippen LogP contribution in [0.4, 0.5) is 5.69 Å². The van der Waals surface area contributed by atoms with E-state index in [0.717, 1.165) is 32.2 Å². The highest BCUT2D eigenvalue weighted by Gasteiger charge is 2.16. The average molecular weight is 339 g/mol. The molecule has 0 bridgehead atoms. The number of nitrogens with one attached hydrogen (secondary N) is 1. The minimum absolute atomic E-state index is 0.796. The standard InChI is InChI=1S/C16H23BrN2O/c17-15-11-13(10-14-2-1-5-18-12-14)3-4-16(15)19-6-8-20-9-7-19/h3-4,11,14,18H,1-2,5-10,12H2. The molecule has 0 aliphatic carbocycles. The van der Waals surface area contributed by atoms with Crippen LogP contribution >= 0.6 is 15.9 Å². The third-order valence-electron chi connectivity index (χ3n) is 4.29. The summed E-state index contributed by atoms with van der Waals surface area (Å²) in [7, 11) is 0. The first kappa shape index (κ1) is 14.4. The Bertz CT molecular complexity index is 440. The lowest BCUT2D eigenvalue weighted by molar-refractivity contribution is 0.122. The summed E-state index contributed by atoms with van der Waals surface area (Å²) in [5.41, 5.74) is 2.75. The second kappa shape index (κ2) is 6.92. The fraction of sp³-hybridized carbons (Fsp3) is 0.625. The minimum Gasteiger partial charge on any atom is -0.378 e. The van der Waals surface area contributed by atoms with Crippen LogP contribution in [0.2, 0.25) is 0 Å². The van der Waals surface area contributed by atoms with Crippen molar-refractivity contribution in [3.05, 3.63) is 28.2 Å². The van der Waals surface area contributed by atoms with Crippen LogP contribution < -0.4 is 10.2 Å². The van der Waals surface area contributed by atoms with E-state index in [4.69, 9.17) is 4.74 Å². The van der Waals surface area contributed by atoms with E-state index in [1.165, 1.54) is 48.1 Å². The van der Waals surface area contributed by atoms with E-state index in [9.17, 15) is 0 Å². The van der Waals surface area contributed by atoms with E-state index in [1.807, 2.05) is 0 Å². The monoisotopic (exact) mass is 338 g/mol. The van der Waals surface area contributed by atoms with Gasteiger partial charge in [-0.2, -0.15) is 0 Å². The van der Waals surface area contributed by atoms with Crippen molar-refractivity contribution in [2.45, 2.75) is 19.3 Å². The van der Waals surface area contributed by atoms with E-state index in [1.54, 1.807) is 0 Å². The van der Waals surface area contributed by atoms with Crippen LogP contribution in [0.15, 0.2) is 22.7 Å². The number of morpholine rings is 1. The molecular formula is C16H23BrN2O. The molecule has 0 spiro atoms. The Morgan fingerprint density at radius 1 is 1.30 bits per heavy atom. The van der Waals surface area contributed by atoms with Gasteiger partial charge < -0.3 is 15.0 Å². The molecule has 1 aromatic carbocycles. The Morgan fingerprint density at radius 3 is 2.85 bits per heavy atom. The van der Waals surface area contributed by atoms with Crippen molar-refractivity contribution < 1.29 is 4.74 Å². The molecule has 0 amide bonds. The van der Waals surface area contributed by atoms with E-state index in [-0.39, 0.29) is 0 Å². The Morgan fingerprint density at radius 2 is 2.15 bits per heavy atom. The second-order valence-electron chi connectivity index (χ2n) is 5.80. The molecule has 2 heterocycles. The fourth-order valence-corrected chi connectivity index (χ4v) is 3.85. The molecule has 2 saturated heterocycles. The van der Waals surface area contributed by atoms with Crippen molar-refractivity contribution >= 4 is 21.6 Å². The largest absolute Gasteiger partial charge is 0.378 e. The summed E-state index contributed by atoms with van der Waals surface area (Å²) in [5.74, 6) is 0.796. The summed E-state index contributed by atoms with van der Waals surface area (Å²) in [6.07, 6.45) is 3.86. The Kier molecular flexibility index (Phi) is 4.97. The molecule has 1 aromatic rings. The maximum Gasteiger partial charge on any atom is 0.0642 e. The van der Waals surface area contributed by atoms with Crippen LogP contribution in [-0.2, 0) is 11.2 Å². The summed E-state index contributed by atoms with van der Waals surface area (Å²) < 4.78 is 6.64. The Hall–Kier alpha value is -0.580. The molecule has 20 heavy (non-hydrogen) atoms. The molecule has 2 fully saturated rings. The van der Waals surface area contributed by atoms with Gasteiger partial charge in [-0.3, -0.25) is 0 Å². The average Bonchev–Trinajstić information content (AvgIpc) is 2.49. The zero-order valence-corrected chi connectivity index (χ0v) is 13.5. The smallest absolute Gasteiger partial charge is 0.0642 e. The number of nitrogens with zero attached hydrogens (tertiary/aromatic N) is 1. The van der Waals surface area contributed by atoms with Crippen LogP contribution in [0.3, 0.4) is 0 Å². The predicted molar refractivity (Wildman–Crippen MR) is 86.5 cm³/mol. The molecule has 1 unspecified atom stereocenters. The molecule has 4 heteroatoms. The van der Waals surface area contributed by atoms with Crippen LogP contribution in [0.1, 0.15) is 18.4 Å². The molecule has 0 aromatic heterocycles. The number of benzene rings is 1. The molecule has 2 aliphatic heterocycles. The van der Waals surface area contributed by atoms with Crippen molar-refractivity contribution in [2.24, 2.45) is 5.92 Å². The molecule has 3 rings (SSSR count). The number of hydrogen-bond acceptors (Lipinski definition) is 3. The van der Waals surface area contributed by atoms with Gasteiger partial charge in [-0.15, -0.1) is 0 Å². The highest BCUT2D eigenvalue weighted by molar-refractivity contribution is 9.10. The van der Waals surface area contributed by atoms with Crippen LogP contribution in [0, 0.1) is 5.92 Å². The van der Waals surface area contributed by atoms with Crippen molar-refractivity contribution in [1.29, 1.82) is 0 Å². The lowest BCUT2D eigenvalue weighted by Crippen LogP contribution is -2.36. The van der Waals surface area contributed by atoms with Gasteiger partial charge in [-0.1, -0.05) is 6.07 Å². The fourth-order valence-electron chi connectivity index (χ4n) is 3.17. The molecule has 1 atom stereocenters. The molecule has 0 saturated carbocycles. The SMILES string of the molecule is Brc1cc(CC2CCCNC2)ccc1N1CCOCC1. The maximum atomic E-state index is 5.42. The summed E-state index contributed by atoms with van der Waals surface area (Å²) in [6.45, 7) is 6.01. The van der Waals surface area contributed by atoms with Gasteiger partial charge in [0.2, 0.25) is 0 Å². The predicted octanol–water partition coefficient (Wildman–Crippen LogP) is 2.83. The molecule has 2 aliphatic rings. The zero-order chi connectivity index (χ0) is 13.8. The van der Waals surface area contributed by atoms with E-state index < -0.39 is 0 Å². The summed E-state index contributed by atoms with van der Waals surface area (Å²) in [5, 5.41) is 3.50. The third-order valence-corrected chi connectivity index (χ3v) is 4.92. The number of anilines is 1. The quantitative estimate of drug-likeness (QED) is 0.917. The molecule has 3 nitrogen and oxygen atoms in total. The Labute approximate surface area is 129 Å². The first-order chi connectivity index (χ1) is 9.83. The van der Waals surface area contributed by atoms with Gasteiger partial charge in [0.25, 0.3) is 0 Å². The van der Waals surface area contributed by atoms with Crippen LogP contribution in [0.25, 0.3) is 0 Å². The maximum absolute atomic E-state index is 5.42. The number of piperidine rings is 1. The van der Waals surface area contributed by atoms with E-state index in [0.29, 0.717) is 0 Å². The van der Waals surface area contributed by atoms with Crippen molar-refractivity contribution in [1.82, 2.24) is 5.32 Å². The lowest BCUT2D eigenvalue weighted by atomic mass is 9.92. The van der Waals surface area contributed by atoms with Crippen molar-refractivity contribution in [2.75, 3.05) is 44.3 Å². The topological polar surface area (TPSA) is 24.5 Å². The second-order valence-corrected chi connectivity index (χ2v) is 6.66. The highest BCUT2D eigenvalue weighted by atomic mass is 79.9. The molecule has 1 N–H and O–H groups in total. The normalized spacial score (nSPS) is 23.9. The van der Waals surface area contributed by atoms with Gasteiger partial charge in [-0.05, 0) is 71.9 Å². The van der Waals surface area contributed by atoms with Gasteiger partial charge >= 0.3 is 0 Å². The lowest BCUT2D eigenvalue weighted by Gasteiger charge is -2.30. The molecule has 110 valence electrons. The Balaban J connectivity index is 1.66. The first-order valence-electron chi connectivity index (χ1n) is 7.65. The van der Waals surface area contributed by atoms with Crippen LogP contribution in [0.5, 0.6) is 0 Å². The van der Waals surface area contributed by atoms with Gasteiger partial charge in [0.15, 0.2) is 0 Å². The van der Waals surface area contributed by atoms with Gasteiger partial charge in [0, 0.05) is 17.6 Å². The number of ether oxygens (including phenoxy) is 1. The number of rotatable bonds is 3. The third kappa shape index (κ3) is 3.54. The highest BCUT2D eigenvalue weighted by Crippen LogP contribution is 2.29. The van der Waals surface area contributed by atoms with Crippen molar-refractivity contribution in [3.8, 4) is 0 Å². The first-order valence-corrected chi connectivity index (χ1v) is 8.44. The molecular weight excluding hydrogens is 316 g/mol.